The number of nitrogens with one attached hydrogen (secondary N) is 1. The van der Waals surface area contributed by atoms with Gasteiger partial charge in [-0.25, -0.2) is 10.8 Å². The van der Waals surface area contributed by atoms with Crippen LogP contribution in [0.2, 0.25) is 0 Å². The van der Waals surface area contributed by atoms with E-state index in [1.807, 2.05) is 19.1 Å². The van der Waals surface area contributed by atoms with Crippen LogP contribution in [0.25, 0.3) is 0 Å². The van der Waals surface area contributed by atoms with E-state index in [4.69, 9.17) is 15.6 Å². The predicted molar refractivity (Wildman–Crippen MR) is 119 cm³/mol. The van der Waals surface area contributed by atoms with E-state index in [0.717, 1.165) is 56.1 Å². The molecule has 1 aliphatic heterocycles. The second-order valence-electron chi connectivity index (χ2n) is 7.36. The van der Waals surface area contributed by atoms with E-state index in [0.29, 0.717) is 5.84 Å². The van der Waals surface area contributed by atoms with Gasteiger partial charge in [0.2, 0.25) is 0 Å². The van der Waals surface area contributed by atoms with Gasteiger partial charge in [-0.3, -0.25) is 4.90 Å². The number of nitrogens with zero attached hydrogens (tertiary/aromatic N) is 2. The summed E-state index contributed by atoms with van der Waals surface area (Å²) in [5.74, 6) is 12.6. The summed E-state index contributed by atoms with van der Waals surface area (Å²) in [5.41, 5.74) is 9.50. The molecule has 2 aromatic carbocycles. The first kappa shape index (κ1) is 21.1. The van der Waals surface area contributed by atoms with E-state index in [1.54, 1.807) is 0 Å². The van der Waals surface area contributed by atoms with Crippen molar-refractivity contribution < 1.29 is 4.74 Å². The number of nitrogens with two attached hydrogens (primary N) is 1. The molecule has 1 fully saturated rings. The second kappa shape index (κ2) is 10.2. The molecule has 0 unspecified atom stereocenters. The highest BCUT2D eigenvalue weighted by atomic mass is 16.5. The van der Waals surface area contributed by atoms with E-state index < -0.39 is 0 Å². The molecular weight excluding hydrogens is 360 g/mol. The van der Waals surface area contributed by atoms with Crippen LogP contribution in [-0.4, -0.2) is 37.0 Å². The van der Waals surface area contributed by atoms with E-state index in [1.165, 1.54) is 16.7 Å². The number of aliphatic imine (C=N–C) groups is 1. The van der Waals surface area contributed by atoms with E-state index in [2.05, 4.69) is 60.3 Å². The summed E-state index contributed by atoms with van der Waals surface area (Å²) in [6.07, 6.45) is 0.726. The summed E-state index contributed by atoms with van der Waals surface area (Å²) in [4.78, 5) is 7.17. The van der Waals surface area contributed by atoms with Crippen LogP contribution in [0.3, 0.4) is 0 Å². The van der Waals surface area contributed by atoms with Crippen molar-refractivity contribution in [1.29, 1.82) is 0 Å². The van der Waals surface area contributed by atoms with Gasteiger partial charge in [-0.1, -0.05) is 24.1 Å². The van der Waals surface area contributed by atoms with E-state index in [-0.39, 0.29) is 0 Å². The van der Waals surface area contributed by atoms with Crippen LogP contribution in [0.1, 0.15) is 34.7 Å². The average molecular weight is 391 g/mol. The second-order valence-corrected chi connectivity index (χ2v) is 7.36. The highest BCUT2D eigenvalue weighted by Gasteiger charge is 2.12. The fraction of sp³-hybridized carbons (Fsp3) is 0.375. The number of morpholine rings is 1. The van der Waals surface area contributed by atoms with Crippen molar-refractivity contribution in [2.45, 2.75) is 33.7 Å². The summed E-state index contributed by atoms with van der Waals surface area (Å²) in [7, 11) is 0. The van der Waals surface area contributed by atoms with Crippen molar-refractivity contribution in [3.8, 4) is 11.8 Å². The monoisotopic (exact) mass is 390 g/mol. The van der Waals surface area contributed by atoms with Crippen LogP contribution in [0.4, 0.5) is 5.69 Å². The standard InChI is InChI=1S/C24H30N4O/c1-4-5-6-21-16-23(19(3)15-18(21)2)24(27-25)26-22-9-7-20(8-10-22)17-28-11-13-29-14-12-28/h7-10,15-16H,6,11-14,17,25H2,1-3H3,(H,26,27). The highest BCUT2D eigenvalue weighted by Crippen LogP contribution is 2.20. The minimum absolute atomic E-state index is 0.661. The molecule has 0 aliphatic carbocycles. The lowest BCUT2D eigenvalue weighted by molar-refractivity contribution is 0.0342. The third-order valence-electron chi connectivity index (χ3n) is 5.22. The van der Waals surface area contributed by atoms with Crippen molar-refractivity contribution in [2.24, 2.45) is 10.8 Å². The minimum Gasteiger partial charge on any atom is -0.379 e. The first-order valence-electron chi connectivity index (χ1n) is 10.0. The number of rotatable bonds is 5. The van der Waals surface area contributed by atoms with Crippen molar-refractivity contribution >= 4 is 11.5 Å². The Morgan fingerprint density at radius 3 is 2.52 bits per heavy atom. The molecule has 0 bridgehead atoms. The van der Waals surface area contributed by atoms with Crippen LogP contribution in [0.15, 0.2) is 41.4 Å². The third-order valence-corrected chi connectivity index (χ3v) is 5.22. The van der Waals surface area contributed by atoms with Gasteiger partial charge >= 0.3 is 0 Å². The molecule has 152 valence electrons. The minimum atomic E-state index is 0.661. The molecule has 0 amide bonds. The van der Waals surface area contributed by atoms with Gasteiger partial charge in [-0.2, -0.15) is 0 Å². The molecule has 5 nitrogen and oxygen atoms in total. The summed E-state index contributed by atoms with van der Waals surface area (Å²) in [6, 6.07) is 12.7. The van der Waals surface area contributed by atoms with Gasteiger partial charge in [0.1, 0.15) is 5.84 Å². The SMILES string of the molecule is CC#CCc1cc(C(=Nc2ccc(CN3CCOCC3)cc2)NN)c(C)cc1C. The van der Waals surface area contributed by atoms with Crippen molar-refractivity contribution in [3.05, 3.63) is 64.2 Å². The first-order chi connectivity index (χ1) is 14.1. The van der Waals surface area contributed by atoms with Crippen LogP contribution >= 0.6 is 0 Å². The quantitative estimate of drug-likeness (QED) is 0.270. The number of aryl methyl sites for hydroxylation is 2. The Kier molecular flexibility index (Phi) is 7.42. The Labute approximate surface area is 173 Å². The lowest BCUT2D eigenvalue weighted by atomic mass is 9.97. The van der Waals surface area contributed by atoms with Crippen LogP contribution in [0.5, 0.6) is 0 Å². The highest BCUT2D eigenvalue weighted by molar-refractivity contribution is 6.01. The molecule has 0 atom stereocenters. The molecule has 2 aromatic rings. The van der Waals surface area contributed by atoms with Crippen molar-refractivity contribution in [2.75, 3.05) is 26.3 Å². The fourth-order valence-electron chi connectivity index (χ4n) is 3.52. The number of benzene rings is 2. The summed E-state index contributed by atoms with van der Waals surface area (Å²) in [6.45, 7) is 10.6. The molecule has 0 spiro atoms. The summed E-state index contributed by atoms with van der Waals surface area (Å²) >= 11 is 0. The van der Waals surface area contributed by atoms with Gasteiger partial charge in [0.05, 0.1) is 18.9 Å². The Balaban J connectivity index is 1.81. The maximum atomic E-state index is 5.84. The molecule has 29 heavy (non-hydrogen) atoms. The number of ether oxygens (including phenoxy) is 1. The molecule has 1 aliphatic rings. The molecule has 0 saturated carbocycles. The first-order valence-corrected chi connectivity index (χ1v) is 10.0. The van der Waals surface area contributed by atoms with Gasteiger partial charge in [0.25, 0.3) is 0 Å². The Bertz CT molecular complexity index is 916. The summed E-state index contributed by atoms with van der Waals surface area (Å²) < 4.78 is 5.42. The van der Waals surface area contributed by atoms with Gasteiger partial charge in [-0.15, -0.1) is 5.92 Å². The molecule has 5 heteroatoms. The number of amidine groups is 1. The fourth-order valence-corrected chi connectivity index (χ4v) is 3.52. The zero-order valence-corrected chi connectivity index (χ0v) is 17.6. The van der Waals surface area contributed by atoms with E-state index >= 15 is 0 Å². The Morgan fingerprint density at radius 2 is 1.86 bits per heavy atom. The van der Waals surface area contributed by atoms with Crippen molar-refractivity contribution in [3.63, 3.8) is 0 Å². The molecule has 1 saturated heterocycles. The normalized spacial score (nSPS) is 15.0. The largest absolute Gasteiger partial charge is 0.379 e. The molecular formula is C24H30N4O. The molecule has 1 heterocycles. The number of hydrogen-bond donors (Lipinski definition) is 2. The van der Waals surface area contributed by atoms with Gasteiger partial charge in [0.15, 0.2) is 0 Å². The molecule has 3 N–H and O–H groups in total. The lowest BCUT2D eigenvalue weighted by Crippen LogP contribution is -2.35. The zero-order valence-electron chi connectivity index (χ0n) is 17.6. The van der Waals surface area contributed by atoms with Gasteiger partial charge < -0.3 is 10.2 Å². The smallest absolute Gasteiger partial charge is 0.148 e. The third kappa shape index (κ3) is 5.68. The maximum Gasteiger partial charge on any atom is 0.148 e. The van der Waals surface area contributed by atoms with Crippen LogP contribution < -0.4 is 11.3 Å². The maximum absolute atomic E-state index is 5.84. The van der Waals surface area contributed by atoms with Crippen LogP contribution in [-0.2, 0) is 17.7 Å². The van der Waals surface area contributed by atoms with Crippen molar-refractivity contribution in [1.82, 2.24) is 10.3 Å². The van der Waals surface area contributed by atoms with E-state index in [9.17, 15) is 0 Å². The topological polar surface area (TPSA) is 62.9 Å². The van der Waals surface area contributed by atoms with Crippen LogP contribution in [0, 0.1) is 25.7 Å². The predicted octanol–water partition coefficient (Wildman–Crippen LogP) is 3.24. The molecule has 0 radical (unpaired) electrons. The average Bonchev–Trinajstić information content (AvgIpc) is 2.74. The summed E-state index contributed by atoms with van der Waals surface area (Å²) in [5, 5.41) is 0. The Morgan fingerprint density at radius 1 is 1.14 bits per heavy atom. The molecule has 0 aromatic heterocycles. The number of hydrazine groups is 1. The number of hydrogen-bond acceptors (Lipinski definition) is 4. The van der Waals surface area contributed by atoms with Gasteiger partial charge in [-0.05, 0) is 61.2 Å². The molecule has 3 rings (SSSR count). The van der Waals surface area contributed by atoms with Gasteiger partial charge in [0, 0.05) is 31.6 Å². The Hall–Kier alpha value is -2.65. The zero-order chi connectivity index (χ0) is 20.6. The lowest BCUT2D eigenvalue weighted by Gasteiger charge is -2.26.